The number of hydrogen-bond acceptors (Lipinski definition) is 5. The van der Waals surface area contributed by atoms with Crippen molar-refractivity contribution in [2.24, 2.45) is 4.99 Å². The Kier molecular flexibility index (Phi) is 5.53. The van der Waals surface area contributed by atoms with E-state index in [1.54, 1.807) is 27.7 Å². The first-order chi connectivity index (χ1) is 18.8. The molecule has 2 aromatic rings. The van der Waals surface area contributed by atoms with Crippen LogP contribution in [-0.2, 0) is 9.53 Å². The average Bonchev–Trinajstić information content (AvgIpc) is 3.11. The van der Waals surface area contributed by atoms with Gasteiger partial charge in [-0.1, -0.05) is 35.3 Å². The topological polar surface area (TPSA) is 79.3 Å². The molecule has 2 amide bonds. The van der Waals surface area contributed by atoms with Crippen LogP contribution in [0.5, 0.6) is 0 Å². The van der Waals surface area contributed by atoms with Gasteiger partial charge in [-0.25, -0.2) is 4.79 Å². The van der Waals surface area contributed by atoms with Crippen molar-refractivity contribution in [3.05, 3.63) is 69.2 Å². The van der Waals surface area contributed by atoms with Crippen LogP contribution < -0.4 is 0 Å². The lowest BCUT2D eigenvalue weighted by molar-refractivity contribution is -0.128. The highest BCUT2D eigenvalue weighted by molar-refractivity contribution is 6.47. The summed E-state index contributed by atoms with van der Waals surface area (Å²) < 4.78 is 49.7. The van der Waals surface area contributed by atoms with E-state index in [0.29, 0.717) is 20.5 Å². The lowest BCUT2D eigenvalue weighted by atomic mass is 9.95. The molecule has 1 spiro atoms. The van der Waals surface area contributed by atoms with Crippen molar-refractivity contribution in [2.75, 3.05) is 19.6 Å². The summed E-state index contributed by atoms with van der Waals surface area (Å²) >= 11 is 12.1. The summed E-state index contributed by atoms with van der Waals surface area (Å²) in [6.45, 7) is 0.803. The number of nitrogens with zero attached hydrogens (tertiary/aromatic N) is 3. The standard InChI is InChI=1S/C27H29Cl2N3O4/c1-17-15-19(7-10-21(17)29)22(33)16-32-24(34)23(18-5-8-20(28)9-6-18)30-27(32)11-13-31(14-12-27)25(35)36-26(2,3)4/h5-10,15H,11-14,16H2,1-4H3/i11D2,13D2,14D. The summed E-state index contributed by atoms with van der Waals surface area (Å²) in [6.07, 6.45) is -4.96. The van der Waals surface area contributed by atoms with Gasteiger partial charge in [-0.05, 0) is 63.6 Å². The Morgan fingerprint density at radius 3 is 2.50 bits per heavy atom. The molecule has 4 rings (SSSR count). The average molecular weight is 535 g/mol. The first-order valence-corrected chi connectivity index (χ1v) is 12.0. The van der Waals surface area contributed by atoms with Crippen LogP contribution in [0.15, 0.2) is 47.5 Å². The van der Waals surface area contributed by atoms with E-state index in [-0.39, 0.29) is 16.8 Å². The Bertz CT molecular complexity index is 1450. The molecular formula is C27H29Cl2N3O4. The van der Waals surface area contributed by atoms with Crippen molar-refractivity contribution < 1.29 is 26.0 Å². The number of likely N-dealkylation sites (tertiary alicyclic amines) is 1. The van der Waals surface area contributed by atoms with Gasteiger partial charge in [-0.2, -0.15) is 0 Å². The van der Waals surface area contributed by atoms with E-state index in [2.05, 4.69) is 4.99 Å². The second-order valence-corrected chi connectivity index (χ2v) is 10.4. The number of rotatable bonds is 4. The van der Waals surface area contributed by atoms with E-state index in [1.165, 1.54) is 42.5 Å². The van der Waals surface area contributed by atoms with E-state index in [4.69, 9.17) is 34.8 Å². The highest BCUT2D eigenvalue weighted by atomic mass is 35.5. The van der Waals surface area contributed by atoms with Crippen LogP contribution in [0.2, 0.25) is 10.0 Å². The molecular weight excluding hydrogens is 501 g/mol. The summed E-state index contributed by atoms with van der Waals surface area (Å²) in [4.78, 5) is 46.0. The molecule has 0 saturated carbocycles. The zero-order valence-corrected chi connectivity index (χ0v) is 21.8. The SMILES string of the molecule is [2H]C1CC2(N=C(c3ccc(Cl)cc3)C(=O)N2CC(=O)c2ccc(Cl)c(C)c2)C([2H])([2H])C([2H])([2H])N1C(=O)OC(C)(C)C. The maximum absolute atomic E-state index is 13.9. The number of hydrogen-bond donors (Lipinski definition) is 0. The van der Waals surface area contributed by atoms with Crippen molar-refractivity contribution in [1.29, 1.82) is 0 Å². The first-order valence-electron chi connectivity index (χ1n) is 13.8. The maximum Gasteiger partial charge on any atom is 0.410 e. The molecule has 0 N–H and O–H groups in total. The molecule has 7 nitrogen and oxygen atoms in total. The largest absolute Gasteiger partial charge is 0.444 e. The van der Waals surface area contributed by atoms with Crippen LogP contribution in [0, 0.1) is 6.92 Å². The summed E-state index contributed by atoms with van der Waals surface area (Å²) in [6, 6.07) is 10.5. The highest BCUT2D eigenvalue weighted by Crippen LogP contribution is 2.37. The fourth-order valence-electron chi connectivity index (χ4n) is 3.79. The molecule has 1 fully saturated rings. The zero-order chi connectivity index (χ0) is 30.7. The van der Waals surface area contributed by atoms with Crippen molar-refractivity contribution in [3.63, 3.8) is 0 Å². The predicted molar refractivity (Wildman–Crippen MR) is 140 cm³/mol. The molecule has 0 aliphatic carbocycles. The number of halogens is 2. The lowest BCUT2D eigenvalue weighted by Gasteiger charge is -2.42. The van der Waals surface area contributed by atoms with Crippen molar-refractivity contribution in [3.8, 4) is 0 Å². The van der Waals surface area contributed by atoms with E-state index in [0.717, 1.165) is 4.90 Å². The second-order valence-electron chi connectivity index (χ2n) is 9.54. The van der Waals surface area contributed by atoms with Gasteiger partial charge in [-0.15, -0.1) is 0 Å². The van der Waals surface area contributed by atoms with E-state index in [1.807, 2.05) is 0 Å². The third kappa shape index (κ3) is 5.42. The molecule has 9 heteroatoms. The van der Waals surface area contributed by atoms with Crippen molar-refractivity contribution in [1.82, 2.24) is 9.80 Å². The second kappa shape index (κ2) is 9.87. The highest BCUT2D eigenvalue weighted by Gasteiger charge is 2.50. The third-order valence-corrected chi connectivity index (χ3v) is 6.29. The van der Waals surface area contributed by atoms with Gasteiger partial charge in [-0.3, -0.25) is 14.6 Å². The Morgan fingerprint density at radius 1 is 1.17 bits per heavy atom. The number of benzene rings is 2. The van der Waals surface area contributed by atoms with Gasteiger partial charge >= 0.3 is 6.09 Å². The van der Waals surface area contributed by atoms with Gasteiger partial charge < -0.3 is 14.5 Å². The number of carbonyl (C=O) groups excluding carboxylic acids is 3. The van der Waals surface area contributed by atoms with Crippen LogP contribution >= 0.6 is 23.2 Å². The summed E-state index contributed by atoms with van der Waals surface area (Å²) in [5.41, 5.74) is -2.55. The summed E-state index contributed by atoms with van der Waals surface area (Å²) in [7, 11) is 0. The number of carbonyl (C=O) groups is 3. The van der Waals surface area contributed by atoms with Crippen LogP contribution in [0.4, 0.5) is 4.79 Å². The molecule has 0 aromatic heterocycles. The fraction of sp³-hybridized carbons (Fsp3) is 0.407. The maximum atomic E-state index is 13.9. The van der Waals surface area contributed by atoms with Crippen LogP contribution in [0.1, 0.15) is 61.9 Å². The Labute approximate surface area is 228 Å². The van der Waals surface area contributed by atoms with Crippen LogP contribution in [-0.4, -0.2) is 64.1 Å². The lowest BCUT2D eigenvalue weighted by Crippen LogP contribution is -2.56. The van der Waals surface area contributed by atoms with Gasteiger partial charge in [0.25, 0.3) is 5.91 Å². The monoisotopic (exact) mass is 534 g/mol. The number of aliphatic imine (C=N–C) groups is 1. The number of Topliss-reactive ketones (excluding diaryl/α,β-unsaturated/α-hetero) is 1. The van der Waals surface area contributed by atoms with Gasteiger partial charge in [0.1, 0.15) is 17.0 Å². The Morgan fingerprint density at radius 2 is 1.86 bits per heavy atom. The molecule has 2 atom stereocenters. The smallest absolute Gasteiger partial charge is 0.410 e. The van der Waals surface area contributed by atoms with E-state index in [9.17, 15) is 14.4 Å². The molecule has 2 aliphatic rings. The minimum Gasteiger partial charge on any atom is -0.444 e. The summed E-state index contributed by atoms with van der Waals surface area (Å²) in [5.74, 6) is -1.40. The molecule has 36 heavy (non-hydrogen) atoms. The normalized spacial score (nSPS) is 26.9. The molecule has 190 valence electrons. The molecule has 2 aliphatic heterocycles. The number of amides is 2. The third-order valence-electron chi connectivity index (χ3n) is 5.62. The Balaban J connectivity index is 1.85. The predicted octanol–water partition coefficient (Wildman–Crippen LogP) is 5.54. The minimum absolute atomic E-state index is 0.201. The molecule has 2 heterocycles. The van der Waals surface area contributed by atoms with Crippen LogP contribution in [0.3, 0.4) is 0 Å². The quantitative estimate of drug-likeness (QED) is 0.482. The van der Waals surface area contributed by atoms with Crippen molar-refractivity contribution in [2.45, 2.75) is 51.8 Å². The first kappa shape index (κ1) is 20.2. The van der Waals surface area contributed by atoms with Gasteiger partial charge in [0.05, 0.1) is 6.54 Å². The molecule has 2 unspecified atom stereocenters. The number of piperidine rings is 1. The zero-order valence-electron chi connectivity index (χ0n) is 25.3. The van der Waals surface area contributed by atoms with Gasteiger partial charge in [0.2, 0.25) is 0 Å². The molecule has 0 radical (unpaired) electrons. The van der Waals surface area contributed by atoms with E-state index >= 15 is 0 Å². The number of ether oxygens (including phenoxy) is 1. The molecule has 2 aromatic carbocycles. The Hall–Kier alpha value is -2.90. The van der Waals surface area contributed by atoms with Crippen molar-refractivity contribution >= 4 is 46.7 Å². The molecule has 0 bridgehead atoms. The van der Waals surface area contributed by atoms with Gasteiger partial charge in [0, 0.05) is 53.8 Å². The number of aryl methyl sites for hydroxylation is 1. The molecule has 1 saturated heterocycles. The summed E-state index contributed by atoms with van der Waals surface area (Å²) in [5, 5.41) is 0.808. The van der Waals surface area contributed by atoms with Crippen LogP contribution in [0.25, 0.3) is 0 Å². The van der Waals surface area contributed by atoms with Gasteiger partial charge in [0.15, 0.2) is 5.78 Å². The minimum atomic E-state index is -3.18. The number of ketones is 1. The fourth-order valence-corrected chi connectivity index (χ4v) is 4.03. The van der Waals surface area contributed by atoms with E-state index < -0.39 is 61.4 Å².